The van der Waals surface area contributed by atoms with Gasteiger partial charge in [0.05, 0.1) is 0 Å². The molecule has 22 heavy (non-hydrogen) atoms. The van der Waals surface area contributed by atoms with E-state index in [4.69, 9.17) is 5.73 Å². The van der Waals surface area contributed by atoms with Gasteiger partial charge in [0.15, 0.2) is 0 Å². The number of hydrogen-bond donors (Lipinski definition) is 1. The third-order valence-electron chi connectivity index (χ3n) is 4.57. The van der Waals surface area contributed by atoms with Crippen LogP contribution >= 0.6 is 0 Å². The zero-order valence-corrected chi connectivity index (χ0v) is 13.0. The second-order valence-electron chi connectivity index (χ2n) is 6.05. The highest BCUT2D eigenvalue weighted by Gasteiger charge is 2.25. The van der Waals surface area contributed by atoms with Crippen molar-refractivity contribution >= 4 is 5.82 Å². The molecule has 112 valence electrons. The van der Waals surface area contributed by atoms with E-state index in [-0.39, 0.29) is 0 Å². The van der Waals surface area contributed by atoms with E-state index in [1.165, 1.54) is 24.8 Å². The van der Waals surface area contributed by atoms with E-state index < -0.39 is 0 Å². The maximum absolute atomic E-state index is 9.56. The van der Waals surface area contributed by atoms with Crippen LogP contribution in [-0.2, 0) is 12.8 Å². The Morgan fingerprint density at radius 2 is 2.09 bits per heavy atom. The molecular formula is C19H21N3. The predicted molar refractivity (Wildman–Crippen MR) is 89.2 cm³/mol. The number of hydrogen-bond acceptors (Lipinski definition) is 3. The largest absolute Gasteiger partial charge is 0.383 e. The van der Waals surface area contributed by atoms with Gasteiger partial charge in [-0.25, -0.2) is 4.98 Å². The first-order valence-corrected chi connectivity index (χ1v) is 8.01. The van der Waals surface area contributed by atoms with Crippen molar-refractivity contribution in [3.63, 3.8) is 0 Å². The van der Waals surface area contributed by atoms with Gasteiger partial charge in [0, 0.05) is 11.3 Å². The van der Waals surface area contributed by atoms with Crippen LogP contribution in [0.15, 0.2) is 30.3 Å². The van der Waals surface area contributed by atoms with Gasteiger partial charge in [0.2, 0.25) is 0 Å². The Kier molecular flexibility index (Phi) is 4.11. The fraction of sp³-hybridized carbons (Fsp3) is 0.368. The van der Waals surface area contributed by atoms with Gasteiger partial charge >= 0.3 is 0 Å². The first-order chi connectivity index (χ1) is 10.7. The summed E-state index contributed by atoms with van der Waals surface area (Å²) in [5, 5.41) is 9.56. The van der Waals surface area contributed by atoms with Crippen LogP contribution in [0.25, 0.3) is 11.1 Å². The van der Waals surface area contributed by atoms with Crippen LogP contribution in [0.5, 0.6) is 0 Å². The first kappa shape index (κ1) is 14.6. The topological polar surface area (TPSA) is 62.7 Å². The molecular weight excluding hydrogens is 270 g/mol. The smallest absolute Gasteiger partial charge is 0.142 e. The van der Waals surface area contributed by atoms with Crippen LogP contribution < -0.4 is 5.73 Å². The molecule has 1 aromatic carbocycles. The summed E-state index contributed by atoms with van der Waals surface area (Å²) >= 11 is 0. The monoisotopic (exact) mass is 291 g/mol. The molecule has 1 atom stereocenters. The highest BCUT2D eigenvalue weighted by Crippen LogP contribution is 2.38. The van der Waals surface area contributed by atoms with Gasteiger partial charge in [0.25, 0.3) is 0 Å². The molecule has 1 aromatic heterocycles. The van der Waals surface area contributed by atoms with Crippen LogP contribution in [0.3, 0.4) is 0 Å². The molecule has 0 spiro atoms. The Bertz CT molecular complexity index is 714. The number of nitrogens with zero attached hydrogens (tertiary/aromatic N) is 2. The zero-order chi connectivity index (χ0) is 15.5. The Morgan fingerprint density at radius 1 is 1.32 bits per heavy atom. The number of nitrogens with two attached hydrogens (primary N) is 1. The van der Waals surface area contributed by atoms with Crippen molar-refractivity contribution in [3.05, 3.63) is 47.2 Å². The van der Waals surface area contributed by atoms with E-state index in [0.29, 0.717) is 17.3 Å². The lowest BCUT2D eigenvalue weighted by Crippen LogP contribution is -2.18. The predicted octanol–water partition coefficient (Wildman–Crippen LogP) is 4.11. The molecule has 0 fully saturated rings. The quantitative estimate of drug-likeness (QED) is 0.925. The highest BCUT2D eigenvalue weighted by atomic mass is 14.9. The van der Waals surface area contributed by atoms with Gasteiger partial charge < -0.3 is 5.73 Å². The Morgan fingerprint density at radius 3 is 2.77 bits per heavy atom. The van der Waals surface area contributed by atoms with Crippen molar-refractivity contribution in [1.29, 1.82) is 5.26 Å². The summed E-state index contributed by atoms with van der Waals surface area (Å²) in [6.07, 6.45) is 5.59. The molecule has 0 saturated heterocycles. The average molecular weight is 291 g/mol. The average Bonchev–Trinajstić information content (AvgIpc) is 2.55. The summed E-state index contributed by atoms with van der Waals surface area (Å²) in [5.41, 5.74) is 11.0. The maximum Gasteiger partial charge on any atom is 0.142 e. The molecule has 0 amide bonds. The van der Waals surface area contributed by atoms with Crippen LogP contribution in [0.4, 0.5) is 5.82 Å². The van der Waals surface area contributed by atoms with Crippen molar-refractivity contribution in [2.24, 2.45) is 5.92 Å². The van der Waals surface area contributed by atoms with Crippen LogP contribution in [0.1, 0.15) is 43.0 Å². The lowest BCUT2D eigenvalue weighted by molar-refractivity contribution is 0.419. The normalized spacial score (nSPS) is 16.8. The molecule has 1 heterocycles. The SMILES string of the molecule is CCCC1CCc2nc(N)c(C#N)c(-c3ccccc3)c2C1. The number of nitriles is 1. The molecule has 1 aliphatic carbocycles. The number of pyridine rings is 1. The zero-order valence-electron chi connectivity index (χ0n) is 13.0. The molecule has 3 heteroatoms. The second-order valence-corrected chi connectivity index (χ2v) is 6.05. The third kappa shape index (κ3) is 2.57. The lowest BCUT2D eigenvalue weighted by Gasteiger charge is -2.27. The van der Waals surface area contributed by atoms with Gasteiger partial charge in [0.1, 0.15) is 17.5 Å². The van der Waals surface area contributed by atoms with E-state index in [1.807, 2.05) is 18.2 Å². The number of nitrogen functional groups attached to an aromatic ring is 1. The summed E-state index contributed by atoms with van der Waals surface area (Å²) in [5.74, 6) is 1.06. The second kappa shape index (κ2) is 6.19. The fourth-order valence-corrected chi connectivity index (χ4v) is 3.54. The van der Waals surface area contributed by atoms with E-state index >= 15 is 0 Å². The van der Waals surface area contributed by atoms with E-state index in [9.17, 15) is 5.26 Å². The van der Waals surface area contributed by atoms with E-state index in [0.717, 1.165) is 29.7 Å². The molecule has 2 N–H and O–H groups in total. The maximum atomic E-state index is 9.56. The minimum atomic E-state index is 0.369. The highest BCUT2D eigenvalue weighted by molar-refractivity contribution is 5.79. The summed E-state index contributed by atoms with van der Waals surface area (Å²) in [6, 6.07) is 12.4. The van der Waals surface area contributed by atoms with Crippen molar-refractivity contribution in [3.8, 4) is 17.2 Å². The molecule has 3 rings (SSSR count). The van der Waals surface area contributed by atoms with Crippen LogP contribution in [-0.4, -0.2) is 4.98 Å². The number of fused-ring (bicyclic) bond motifs is 1. The molecule has 1 unspecified atom stereocenters. The molecule has 3 nitrogen and oxygen atoms in total. The van der Waals surface area contributed by atoms with Crippen LogP contribution in [0.2, 0.25) is 0 Å². The van der Waals surface area contributed by atoms with Gasteiger partial charge in [-0.2, -0.15) is 5.26 Å². The fourth-order valence-electron chi connectivity index (χ4n) is 3.54. The Hall–Kier alpha value is -2.34. The lowest BCUT2D eigenvalue weighted by atomic mass is 9.79. The third-order valence-corrected chi connectivity index (χ3v) is 4.57. The van der Waals surface area contributed by atoms with Crippen LogP contribution in [0, 0.1) is 17.2 Å². The van der Waals surface area contributed by atoms with Crippen molar-refractivity contribution in [1.82, 2.24) is 4.98 Å². The van der Waals surface area contributed by atoms with E-state index in [1.54, 1.807) is 0 Å². The first-order valence-electron chi connectivity index (χ1n) is 8.01. The molecule has 0 radical (unpaired) electrons. The number of rotatable bonds is 3. The minimum Gasteiger partial charge on any atom is -0.383 e. The molecule has 0 aliphatic heterocycles. The van der Waals surface area contributed by atoms with Gasteiger partial charge in [-0.3, -0.25) is 0 Å². The summed E-state index contributed by atoms with van der Waals surface area (Å²) < 4.78 is 0. The van der Waals surface area contributed by atoms with Crippen molar-refractivity contribution in [2.45, 2.75) is 39.0 Å². The molecule has 1 aliphatic rings. The minimum absolute atomic E-state index is 0.369. The number of anilines is 1. The van der Waals surface area contributed by atoms with Gasteiger partial charge in [-0.15, -0.1) is 0 Å². The Balaban J connectivity index is 2.18. The number of benzene rings is 1. The molecule has 2 aromatic rings. The van der Waals surface area contributed by atoms with E-state index in [2.05, 4.69) is 30.1 Å². The van der Waals surface area contributed by atoms with Gasteiger partial charge in [-0.1, -0.05) is 50.1 Å². The summed E-state index contributed by atoms with van der Waals surface area (Å²) in [7, 11) is 0. The standard InChI is InChI=1S/C19H21N3/c1-2-6-13-9-10-17-15(11-13)18(14-7-4-3-5-8-14)16(12-20)19(21)22-17/h3-5,7-8,13H,2,6,9-11H2,1H3,(H2,21,22). The molecule has 0 saturated carbocycles. The van der Waals surface area contributed by atoms with Gasteiger partial charge in [-0.05, 0) is 36.3 Å². The summed E-state index contributed by atoms with van der Waals surface area (Å²) in [6.45, 7) is 2.23. The Labute approximate surface area is 131 Å². The summed E-state index contributed by atoms with van der Waals surface area (Å²) in [4.78, 5) is 4.52. The molecule has 0 bridgehead atoms. The number of aromatic nitrogens is 1. The van der Waals surface area contributed by atoms with Crippen molar-refractivity contribution < 1.29 is 0 Å². The van der Waals surface area contributed by atoms with Crippen molar-refractivity contribution in [2.75, 3.05) is 5.73 Å². The number of aryl methyl sites for hydroxylation is 1.